The highest BCUT2D eigenvalue weighted by molar-refractivity contribution is 6.49. The van der Waals surface area contributed by atoms with Crippen molar-refractivity contribution in [1.82, 2.24) is 0 Å². The Morgan fingerprint density at radius 3 is 1.40 bits per heavy atom. The molecule has 0 aromatic rings. The molecule has 62 valence electrons. The van der Waals surface area contributed by atoms with Gasteiger partial charge in [-0.3, -0.25) is 0 Å². The minimum absolute atomic E-state index is 1.43. The van der Waals surface area contributed by atoms with Crippen LogP contribution >= 0.6 is 46.4 Å². The lowest BCUT2D eigenvalue weighted by atomic mass is 10.4. The second-order valence-corrected chi connectivity index (χ2v) is 3.64. The summed E-state index contributed by atoms with van der Waals surface area (Å²) in [5.74, 6) is -2.34. The van der Waals surface area contributed by atoms with Gasteiger partial charge < -0.3 is 5.11 Å². The molecule has 10 heavy (non-hydrogen) atoms. The number of hydrogen-bond acceptors (Lipinski definition) is 3. The fourth-order valence-corrected chi connectivity index (χ4v) is 1.10. The van der Waals surface area contributed by atoms with Crippen molar-refractivity contribution in [3.63, 3.8) is 0 Å². The van der Waals surface area contributed by atoms with Crippen LogP contribution in [-0.2, 0) is 4.89 Å². The summed E-state index contributed by atoms with van der Waals surface area (Å²) in [6, 6.07) is 0. The van der Waals surface area contributed by atoms with Gasteiger partial charge in [0.15, 0.2) is 9.67 Å². The van der Waals surface area contributed by atoms with Crippen LogP contribution < -0.4 is 0 Å². The monoisotopic (exact) mass is 228 g/mol. The normalized spacial score (nSPS) is 13.2. The molecule has 0 rings (SSSR count). The highest BCUT2D eigenvalue weighted by atomic mass is 35.5. The zero-order valence-corrected chi connectivity index (χ0v) is 7.49. The zero-order chi connectivity index (χ0) is 8.36. The summed E-state index contributed by atoms with van der Waals surface area (Å²) < 4.78 is 0. The summed E-state index contributed by atoms with van der Waals surface area (Å²) in [6.07, 6.45) is 0. The fourth-order valence-electron chi connectivity index (χ4n) is 0.175. The topological polar surface area (TPSA) is 49.7 Å². The van der Waals surface area contributed by atoms with Crippen molar-refractivity contribution < 1.29 is 15.3 Å². The molecule has 0 fully saturated rings. The first-order chi connectivity index (χ1) is 4.45. The second kappa shape index (κ2) is 4.16. The highest BCUT2D eigenvalue weighted by Crippen LogP contribution is 2.30. The molecule has 0 atom stereocenters. The maximum atomic E-state index is 8.97. The van der Waals surface area contributed by atoms with Crippen LogP contribution in [-0.4, -0.2) is 25.8 Å². The molecule has 0 bridgehead atoms. The van der Waals surface area contributed by atoms with Crippen LogP contribution in [0.4, 0.5) is 0 Å². The third-order valence-corrected chi connectivity index (χ3v) is 2.02. The van der Waals surface area contributed by atoms with Crippen molar-refractivity contribution in [1.29, 1.82) is 0 Å². The number of alkyl halides is 4. The molecule has 0 aromatic carbocycles. The number of rotatable bonds is 3. The van der Waals surface area contributed by atoms with Crippen LogP contribution in [0.3, 0.4) is 0 Å². The molecule has 0 amide bonds. The maximum absolute atomic E-state index is 8.97. The smallest absolute Gasteiger partial charge is 0.259 e. The van der Waals surface area contributed by atoms with Crippen LogP contribution in [0, 0.1) is 0 Å². The quantitative estimate of drug-likeness (QED) is 0.336. The Morgan fingerprint density at radius 2 is 1.40 bits per heavy atom. The molecule has 0 aliphatic carbocycles. The molecule has 3 nitrogen and oxygen atoms in total. The van der Waals surface area contributed by atoms with Crippen molar-refractivity contribution >= 4 is 46.4 Å². The number of halogens is 4. The Balaban J connectivity index is 4.23. The second-order valence-electron chi connectivity index (χ2n) is 1.44. The molecule has 0 aliphatic heterocycles. The van der Waals surface area contributed by atoms with E-state index in [0.29, 0.717) is 0 Å². The fraction of sp³-hybridized carbons (Fsp3) is 1.00. The average Bonchev–Trinajstić information content (AvgIpc) is 1.85. The third kappa shape index (κ3) is 2.27. The van der Waals surface area contributed by atoms with Gasteiger partial charge >= 0.3 is 0 Å². The van der Waals surface area contributed by atoms with Crippen LogP contribution in [0.25, 0.3) is 0 Å². The van der Waals surface area contributed by atoms with E-state index in [1.165, 1.54) is 0 Å². The van der Waals surface area contributed by atoms with Gasteiger partial charge in [-0.1, -0.05) is 46.4 Å². The zero-order valence-electron chi connectivity index (χ0n) is 4.47. The van der Waals surface area contributed by atoms with E-state index in [1.807, 2.05) is 0 Å². The van der Waals surface area contributed by atoms with Crippen molar-refractivity contribution in [2.24, 2.45) is 0 Å². The van der Waals surface area contributed by atoms with Gasteiger partial charge in [-0.05, 0) is 0 Å². The van der Waals surface area contributed by atoms with E-state index in [9.17, 15) is 0 Å². The maximum Gasteiger partial charge on any atom is 0.259 e. The minimum Gasteiger partial charge on any atom is -0.359 e. The standard InChI is InChI=1S/C3H4Cl4O3/c4-1(5)3(8,10-9)2(6)7/h1-2,8-9H. The highest BCUT2D eigenvalue weighted by Gasteiger charge is 2.43. The van der Waals surface area contributed by atoms with Gasteiger partial charge in [0.05, 0.1) is 0 Å². The van der Waals surface area contributed by atoms with E-state index in [1.54, 1.807) is 0 Å². The van der Waals surface area contributed by atoms with E-state index in [4.69, 9.17) is 56.8 Å². The summed E-state index contributed by atoms with van der Waals surface area (Å²) >= 11 is 20.6. The average molecular weight is 230 g/mol. The molecule has 0 aromatic heterocycles. The SMILES string of the molecule is OOC(O)(C(Cl)Cl)C(Cl)Cl. The van der Waals surface area contributed by atoms with E-state index in [-0.39, 0.29) is 0 Å². The molecular formula is C3H4Cl4O3. The molecule has 0 radical (unpaired) electrons. The third-order valence-electron chi connectivity index (χ3n) is 0.772. The molecular weight excluding hydrogens is 226 g/mol. The lowest BCUT2D eigenvalue weighted by molar-refractivity contribution is -0.381. The minimum atomic E-state index is -2.34. The van der Waals surface area contributed by atoms with Crippen molar-refractivity contribution in [3.8, 4) is 0 Å². The molecule has 0 saturated carbocycles. The first kappa shape index (κ1) is 11.0. The molecule has 0 unspecified atom stereocenters. The van der Waals surface area contributed by atoms with E-state index in [2.05, 4.69) is 4.89 Å². The molecule has 2 N–H and O–H groups in total. The van der Waals surface area contributed by atoms with Crippen LogP contribution in [0.15, 0.2) is 0 Å². The van der Waals surface area contributed by atoms with Crippen molar-refractivity contribution in [2.75, 3.05) is 0 Å². The van der Waals surface area contributed by atoms with Gasteiger partial charge in [-0.2, -0.15) is 4.89 Å². The van der Waals surface area contributed by atoms with E-state index in [0.717, 1.165) is 0 Å². The van der Waals surface area contributed by atoms with E-state index < -0.39 is 15.5 Å². The first-order valence-corrected chi connectivity index (χ1v) is 3.81. The Kier molecular flexibility index (Phi) is 4.60. The lowest BCUT2D eigenvalue weighted by Crippen LogP contribution is -2.44. The summed E-state index contributed by atoms with van der Waals surface area (Å²) in [4.78, 5) is 0.623. The predicted molar refractivity (Wildman–Crippen MR) is 39.7 cm³/mol. The summed E-state index contributed by atoms with van der Waals surface area (Å²) in [5, 5.41) is 17.0. The Labute approximate surface area is 77.3 Å². The number of hydrogen-bond donors (Lipinski definition) is 2. The van der Waals surface area contributed by atoms with Gasteiger partial charge in [0, 0.05) is 0 Å². The lowest BCUT2D eigenvalue weighted by Gasteiger charge is -2.25. The Hall–Kier alpha value is 1.04. The molecule has 7 heteroatoms. The van der Waals surface area contributed by atoms with Gasteiger partial charge in [-0.15, -0.1) is 0 Å². The van der Waals surface area contributed by atoms with Gasteiger partial charge in [0.1, 0.15) is 0 Å². The van der Waals surface area contributed by atoms with Crippen molar-refractivity contribution in [3.05, 3.63) is 0 Å². The van der Waals surface area contributed by atoms with E-state index >= 15 is 0 Å². The summed E-state index contributed by atoms with van der Waals surface area (Å²) in [5.41, 5.74) is 0. The van der Waals surface area contributed by atoms with Gasteiger partial charge in [0.25, 0.3) is 5.79 Å². The molecule has 0 aliphatic rings. The van der Waals surface area contributed by atoms with Gasteiger partial charge in [-0.25, -0.2) is 5.26 Å². The number of aliphatic hydroxyl groups is 1. The first-order valence-electron chi connectivity index (χ1n) is 2.06. The summed E-state index contributed by atoms with van der Waals surface area (Å²) in [6.45, 7) is 0. The van der Waals surface area contributed by atoms with Crippen LogP contribution in [0.1, 0.15) is 0 Å². The summed E-state index contributed by atoms with van der Waals surface area (Å²) in [7, 11) is 0. The van der Waals surface area contributed by atoms with Gasteiger partial charge in [0.2, 0.25) is 0 Å². The Bertz CT molecular complexity index is 97.9. The van der Waals surface area contributed by atoms with Crippen LogP contribution in [0.5, 0.6) is 0 Å². The predicted octanol–water partition coefficient (Wildman–Crippen LogP) is 1.77. The molecule has 0 heterocycles. The molecule has 0 spiro atoms. The largest absolute Gasteiger partial charge is 0.359 e. The van der Waals surface area contributed by atoms with Crippen LogP contribution in [0.2, 0.25) is 0 Å². The molecule has 0 saturated heterocycles. The van der Waals surface area contributed by atoms with Crippen molar-refractivity contribution in [2.45, 2.75) is 15.5 Å². The Morgan fingerprint density at radius 1 is 1.10 bits per heavy atom.